The van der Waals surface area contributed by atoms with Crippen molar-refractivity contribution in [3.63, 3.8) is 0 Å². The summed E-state index contributed by atoms with van der Waals surface area (Å²) in [6, 6.07) is 3.98. The van der Waals surface area contributed by atoms with Crippen LogP contribution in [0, 0.1) is 19.3 Å². The van der Waals surface area contributed by atoms with E-state index >= 15 is 0 Å². The van der Waals surface area contributed by atoms with E-state index in [1.165, 1.54) is 0 Å². The highest BCUT2D eigenvalue weighted by molar-refractivity contribution is 5.46. The van der Waals surface area contributed by atoms with Gasteiger partial charge in [0.2, 0.25) is 0 Å². The van der Waals surface area contributed by atoms with Crippen molar-refractivity contribution in [1.29, 1.82) is 0 Å². The van der Waals surface area contributed by atoms with Gasteiger partial charge in [-0.15, -0.1) is 0 Å². The van der Waals surface area contributed by atoms with Gasteiger partial charge in [0.15, 0.2) is 0 Å². The van der Waals surface area contributed by atoms with E-state index in [-0.39, 0.29) is 18.1 Å². The van der Waals surface area contributed by atoms with Gasteiger partial charge in [0.05, 0.1) is 6.61 Å². The minimum Gasteiger partial charge on any atom is -0.490 e. The van der Waals surface area contributed by atoms with Crippen LogP contribution in [0.2, 0.25) is 0 Å². The maximum atomic E-state index is 9.44. The molecule has 0 amide bonds. The number of rotatable bonds is 7. The van der Waals surface area contributed by atoms with Crippen molar-refractivity contribution in [1.82, 2.24) is 0 Å². The molecule has 0 fully saturated rings. The summed E-state index contributed by atoms with van der Waals surface area (Å²) in [6.07, 6.45) is 3.87. The molecule has 21 heavy (non-hydrogen) atoms. The Bertz CT molecular complexity index is 466. The molecule has 0 radical (unpaired) electrons. The first kappa shape index (κ1) is 17.6. The zero-order chi connectivity index (χ0) is 16.0. The largest absolute Gasteiger partial charge is 0.490 e. The van der Waals surface area contributed by atoms with Crippen LogP contribution in [0.4, 0.5) is 0 Å². The Balaban J connectivity index is 2.90. The maximum Gasteiger partial charge on any atom is 0.125 e. The lowest BCUT2D eigenvalue weighted by Crippen LogP contribution is -2.35. The molecule has 1 N–H and O–H groups in total. The molecule has 3 nitrogen and oxygen atoms in total. The fourth-order valence-electron chi connectivity index (χ4n) is 1.89. The molecule has 0 saturated carbocycles. The van der Waals surface area contributed by atoms with Crippen LogP contribution in [0.3, 0.4) is 0 Å². The fraction of sp³-hybridized carbons (Fsp3) is 0.556. The van der Waals surface area contributed by atoms with E-state index in [9.17, 15) is 5.11 Å². The van der Waals surface area contributed by atoms with E-state index in [4.69, 9.17) is 9.47 Å². The highest BCUT2D eigenvalue weighted by atomic mass is 16.5. The first-order chi connectivity index (χ1) is 9.81. The van der Waals surface area contributed by atoms with E-state index in [2.05, 4.69) is 0 Å². The molecule has 0 aliphatic heterocycles. The average molecular weight is 292 g/mol. The Kier molecular flexibility index (Phi) is 6.28. The number of hydrogen-bond acceptors (Lipinski definition) is 3. The molecule has 3 heteroatoms. The molecular weight excluding hydrogens is 264 g/mol. The number of ether oxygens (including phenoxy) is 2. The molecule has 0 spiro atoms. The second kappa shape index (κ2) is 7.51. The molecule has 1 rings (SSSR count). The molecule has 1 unspecified atom stereocenters. The third-order valence-electron chi connectivity index (χ3n) is 3.82. The molecule has 118 valence electrons. The molecule has 1 atom stereocenters. The number of aryl methyl sites for hydroxylation is 2. The van der Waals surface area contributed by atoms with E-state index in [1.807, 2.05) is 65.8 Å². The van der Waals surface area contributed by atoms with Crippen LogP contribution >= 0.6 is 0 Å². The van der Waals surface area contributed by atoms with E-state index in [0.29, 0.717) is 6.61 Å². The quantitative estimate of drug-likeness (QED) is 0.771. The lowest BCUT2D eigenvalue weighted by Gasteiger charge is -2.31. The SMILES string of the molecule is C/C=C/COc1cc(C)c(OC(C)C(C)(C)CO)c(C)c1. The van der Waals surface area contributed by atoms with Gasteiger partial charge in [0.25, 0.3) is 0 Å². The maximum absolute atomic E-state index is 9.44. The minimum atomic E-state index is -0.278. The molecule has 1 aromatic carbocycles. The lowest BCUT2D eigenvalue weighted by molar-refractivity contribution is 0.0358. The van der Waals surface area contributed by atoms with Crippen molar-refractivity contribution in [2.24, 2.45) is 5.41 Å². The van der Waals surface area contributed by atoms with E-state index < -0.39 is 0 Å². The summed E-state index contributed by atoms with van der Waals surface area (Å²) in [6.45, 7) is 12.7. The van der Waals surface area contributed by atoms with Crippen LogP contribution in [0.5, 0.6) is 11.5 Å². The van der Waals surface area contributed by atoms with Crippen LogP contribution in [-0.2, 0) is 0 Å². The molecule has 0 aromatic heterocycles. The van der Waals surface area contributed by atoms with Crippen molar-refractivity contribution in [3.8, 4) is 11.5 Å². The average Bonchev–Trinajstić information content (AvgIpc) is 2.42. The predicted octanol–water partition coefficient (Wildman–Crippen LogP) is 4.04. The normalized spacial score (nSPS) is 13.5. The second-order valence-corrected chi connectivity index (χ2v) is 6.17. The van der Waals surface area contributed by atoms with E-state index in [0.717, 1.165) is 22.6 Å². The first-order valence-electron chi connectivity index (χ1n) is 7.44. The van der Waals surface area contributed by atoms with Crippen LogP contribution in [0.25, 0.3) is 0 Å². The van der Waals surface area contributed by atoms with Gasteiger partial charge in [-0.2, -0.15) is 0 Å². The van der Waals surface area contributed by atoms with Crippen molar-refractivity contribution in [2.75, 3.05) is 13.2 Å². The second-order valence-electron chi connectivity index (χ2n) is 6.17. The number of aliphatic hydroxyl groups is 1. The molecular formula is C18H28O3. The Labute approximate surface area is 128 Å². The summed E-state index contributed by atoms with van der Waals surface area (Å²) in [5, 5.41) is 9.44. The van der Waals surface area contributed by atoms with E-state index in [1.54, 1.807) is 0 Å². The van der Waals surface area contributed by atoms with Gasteiger partial charge in [-0.05, 0) is 51.0 Å². The topological polar surface area (TPSA) is 38.7 Å². The lowest BCUT2D eigenvalue weighted by atomic mass is 9.88. The molecule has 0 saturated heterocycles. The third kappa shape index (κ3) is 4.78. The van der Waals surface area contributed by atoms with Crippen LogP contribution in [0.1, 0.15) is 38.8 Å². The molecule has 0 aliphatic carbocycles. The summed E-state index contributed by atoms with van der Waals surface area (Å²) in [4.78, 5) is 0. The highest BCUT2D eigenvalue weighted by Gasteiger charge is 2.27. The summed E-state index contributed by atoms with van der Waals surface area (Å²) >= 11 is 0. The Morgan fingerprint density at radius 2 is 1.81 bits per heavy atom. The highest BCUT2D eigenvalue weighted by Crippen LogP contribution is 2.32. The molecule has 0 aliphatic rings. The van der Waals surface area contributed by atoms with Gasteiger partial charge in [0.1, 0.15) is 24.2 Å². The van der Waals surface area contributed by atoms with Gasteiger partial charge in [-0.25, -0.2) is 0 Å². The number of aliphatic hydroxyl groups excluding tert-OH is 1. The van der Waals surface area contributed by atoms with Crippen molar-refractivity contribution < 1.29 is 14.6 Å². The zero-order valence-corrected chi connectivity index (χ0v) is 14.1. The van der Waals surface area contributed by atoms with Crippen molar-refractivity contribution >= 4 is 0 Å². The Hall–Kier alpha value is -1.48. The first-order valence-corrected chi connectivity index (χ1v) is 7.44. The Morgan fingerprint density at radius 3 is 2.29 bits per heavy atom. The molecule has 0 heterocycles. The summed E-state index contributed by atoms with van der Waals surface area (Å²) < 4.78 is 11.8. The molecule has 0 bridgehead atoms. The predicted molar refractivity (Wildman–Crippen MR) is 87.2 cm³/mol. The minimum absolute atomic E-state index is 0.0744. The van der Waals surface area contributed by atoms with Gasteiger partial charge in [-0.3, -0.25) is 0 Å². The van der Waals surface area contributed by atoms with Crippen LogP contribution in [-0.4, -0.2) is 24.4 Å². The summed E-state index contributed by atoms with van der Waals surface area (Å²) in [5.74, 6) is 1.73. The zero-order valence-electron chi connectivity index (χ0n) is 14.1. The Morgan fingerprint density at radius 1 is 1.24 bits per heavy atom. The molecule has 1 aromatic rings. The van der Waals surface area contributed by atoms with Crippen molar-refractivity contribution in [3.05, 3.63) is 35.4 Å². The summed E-state index contributed by atoms with van der Waals surface area (Å²) in [5.41, 5.74) is 1.82. The number of benzene rings is 1. The number of hydrogen-bond donors (Lipinski definition) is 1. The third-order valence-corrected chi connectivity index (χ3v) is 3.82. The van der Waals surface area contributed by atoms with Gasteiger partial charge >= 0.3 is 0 Å². The monoisotopic (exact) mass is 292 g/mol. The standard InChI is InChI=1S/C18H28O3/c1-7-8-9-20-16-10-13(2)17(14(3)11-16)21-15(4)18(5,6)12-19/h7-8,10-11,15,19H,9,12H2,1-6H3/b8-7+. The van der Waals surface area contributed by atoms with Gasteiger partial charge in [0, 0.05) is 5.41 Å². The van der Waals surface area contributed by atoms with Crippen LogP contribution < -0.4 is 9.47 Å². The smallest absolute Gasteiger partial charge is 0.125 e. The van der Waals surface area contributed by atoms with Gasteiger partial charge in [-0.1, -0.05) is 26.0 Å². The summed E-state index contributed by atoms with van der Waals surface area (Å²) in [7, 11) is 0. The number of allylic oxidation sites excluding steroid dienone is 1. The van der Waals surface area contributed by atoms with Crippen LogP contribution in [0.15, 0.2) is 24.3 Å². The fourth-order valence-corrected chi connectivity index (χ4v) is 1.89. The van der Waals surface area contributed by atoms with Gasteiger partial charge < -0.3 is 14.6 Å². The van der Waals surface area contributed by atoms with Crippen molar-refractivity contribution in [2.45, 2.75) is 47.6 Å².